The van der Waals surface area contributed by atoms with Crippen LogP contribution in [-0.4, -0.2) is 17.6 Å². The van der Waals surface area contributed by atoms with Crippen molar-refractivity contribution in [2.75, 3.05) is 17.2 Å². The van der Waals surface area contributed by atoms with E-state index in [9.17, 15) is 0 Å². The molecule has 1 aromatic rings. The van der Waals surface area contributed by atoms with Crippen LogP contribution in [0.1, 0.15) is 19.8 Å². The molecule has 2 rings (SSSR count). The number of anilines is 2. The van der Waals surface area contributed by atoms with Gasteiger partial charge < -0.3 is 10.6 Å². The molecular formula is C10H15N3. The van der Waals surface area contributed by atoms with Crippen molar-refractivity contribution in [3.63, 3.8) is 0 Å². The molecule has 2 N–H and O–H groups in total. The molecule has 1 fully saturated rings. The molecule has 0 radical (unpaired) electrons. The standard InChI is InChI=1S/C10H15N3/c1-2-13(8-3-4-8)10-5-6-12-7-9(10)11/h5-8H,2-4,11H2,1H3. The van der Waals surface area contributed by atoms with Gasteiger partial charge in [0.1, 0.15) is 0 Å². The maximum Gasteiger partial charge on any atom is 0.0738 e. The van der Waals surface area contributed by atoms with Crippen LogP contribution in [0.5, 0.6) is 0 Å². The number of pyridine rings is 1. The highest BCUT2D eigenvalue weighted by molar-refractivity contribution is 5.66. The molecule has 3 heteroatoms. The largest absolute Gasteiger partial charge is 0.396 e. The van der Waals surface area contributed by atoms with Gasteiger partial charge in [0.25, 0.3) is 0 Å². The zero-order valence-electron chi connectivity index (χ0n) is 7.90. The van der Waals surface area contributed by atoms with E-state index in [1.54, 1.807) is 12.4 Å². The van der Waals surface area contributed by atoms with E-state index in [0.29, 0.717) is 0 Å². The van der Waals surface area contributed by atoms with Gasteiger partial charge in [-0.2, -0.15) is 0 Å². The molecule has 1 aliphatic carbocycles. The third kappa shape index (κ3) is 1.59. The van der Waals surface area contributed by atoms with Crippen molar-refractivity contribution >= 4 is 11.4 Å². The maximum absolute atomic E-state index is 5.86. The highest BCUT2D eigenvalue weighted by Gasteiger charge is 2.28. The first kappa shape index (κ1) is 8.35. The predicted octanol–water partition coefficient (Wildman–Crippen LogP) is 1.65. The monoisotopic (exact) mass is 177 g/mol. The molecule has 0 bridgehead atoms. The van der Waals surface area contributed by atoms with Crippen molar-refractivity contribution in [2.24, 2.45) is 0 Å². The average molecular weight is 177 g/mol. The minimum Gasteiger partial charge on any atom is -0.396 e. The Kier molecular flexibility index (Phi) is 2.08. The van der Waals surface area contributed by atoms with Gasteiger partial charge in [-0.15, -0.1) is 0 Å². The van der Waals surface area contributed by atoms with Crippen LogP contribution in [0.4, 0.5) is 11.4 Å². The van der Waals surface area contributed by atoms with Gasteiger partial charge in [-0.3, -0.25) is 4.98 Å². The van der Waals surface area contributed by atoms with Gasteiger partial charge in [-0.1, -0.05) is 0 Å². The molecule has 0 unspecified atom stereocenters. The van der Waals surface area contributed by atoms with Gasteiger partial charge in [0.2, 0.25) is 0 Å². The molecule has 70 valence electrons. The summed E-state index contributed by atoms with van der Waals surface area (Å²) in [6, 6.07) is 2.71. The van der Waals surface area contributed by atoms with E-state index in [2.05, 4.69) is 16.8 Å². The van der Waals surface area contributed by atoms with Gasteiger partial charge in [-0.05, 0) is 25.8 Å². The minimum atomic E-state index is 0.717. The van der Waals surface area contributed by atoms with E-state index < -0.39 is 0 Å². The van der Waals surface area contributed by atoms with Crippen molar-refractivity contribution in [3.05, 3.63) is 18.5 Å². The van der Waals surface area contributed by atoms with E-state index in [-0.39, 0.29) is 0 Å². The van der Waals surface area contributed by atoms with Crippen LogP contribution < -0.4 is 10.6 Å². The molecule has 3 nitrogen and oxygen atoms in total. The number of nitrogens with two attached hydrogens (primary N) is 1. The van der Waals surface area contributed by atoms with E-state index in [4.69, 9.17) is 5.73 Å². The van der Waals surface area contributed by atoms with Crippen molar-refractivity contribution < 1.29 is 0 Å². The topological polar surface area (TPSA) is 42.2 Å². The summed E-state index contributed by atoms with van der Waals surface area (Å²) in [6.45, 7) is 3.19. The van der Waals surface area contributed by atoms with Crippen LogP contribution >= 0.6 is 0 Å². The predicted molar refractivity (Wildman–Crippen MR) is 54.7 cm³/mol. The third-order valence-electron chi connectivity index (χ3n) is 2.47. The zero-order valence-corrected chi connectivity index (χ0v) is 7.90. The Bertz CT molecular complexity index is 294. The van der Waals surface area contributed by atoms with Crippen molar-refractivity contribution in [3.8, 4) is 0 Å². The fraction of sp³-hybridized carbons (Fsp3) is 0.500. The van der Waals surface area contributed by atoms with Crippen molar-refractivity contribution in [1.29, 1.82) is 0 Å². The summed E-state index contributed by atoms with van der Waals surface area (Å²) in [5.41, 5.74) is 7.79. The van der Waals surface area contributed by atoms with E-state index in [0.717, 1.165) is 24.0 Å². The van der Waals surface area contributed by atoms with Gasteiger partial charge in [-0.25, -0.2) is 0 Å². The second-order valence-corrected chi connectivity index (χ2v) is 3.45. The van der Waals surface area contributed by atoms with Crippen LogP contribution in [0.3, 0.4) is 0 Å². The molecule has 0 aliphatic heterocycles. The summed E-state index contributed by atoms with van der Waals surface area (Å²) in [4.78, 5) is 6.35. The first-order valence-electron chi connectivity index (χ1n) is 4.79. The van der Waals surface area contributed by atoms with Crippen LogP contribution in [0.25, 0.3) is 0 Å². The Morgan fingerprint density at radius 3 is 2.92 bits per heavy atom. The van der Waals surface area contributed by atoms with E-state index in [1.807, 2.05) is 6.07 Å². The van der Waals surface area contributed by atoms with E-state index >= 15 is 0 Å². The maximum atomic E-state index is 5.86. The lowest BCUT2D eigenvalue weighted by molar-refractivity contribution is 0.826. The highest BCUT2D eigenvalue weighted by Crippen LogP contribution is 2.33. The Morgan fingerprint density at radius 2 is 2.38 bits per heavy atom. The number of aromatic nitrogens is 1. The Labute approximate surface area is 78.6 Å². The smallest absolute Gasteiger partial charge is 0.0738 e. The fourth-order valence-corrected chi connectivity index (χ4v) is 1.67. The molecule has 0 aromatic carbocycles. The second kappa shape index (κ2) is 3.24. The van der Waals surface area contributed by atoms with Crippen molar-refractivity contribution in [1.82, 2.24) is 4.98 Å². The molecule has 0 spiro atoms. The number of hydrogen-bond donors (Lipinski definition) is 1. The normalized spacial score (nSPS) is 15.8. The van der Waals surface area contributed by atoms with Gasteiger partial charge in [0.05, 0.1) is 17.6 Å². The summed E-state index contributed by atoms with van der Waals surface area (Å²) in [5.74, 6) is 0. The minimum absolute atomic E-state index is 0.717. The SMILES string of the molecule is CCN(c1ccncc1N)C1CC1. The van der Waals surface area contributed by atoms with Gasteiger partial charge >= 0.3 is 0 Å². The molecule has 0 atom stereocenters. The zero-order chi connectivity index (χ0) is 9.26. The Hall–Kier alpha value is -1.25. The third-order valence-corrected chi connectivity index (χ3v) is 2.47. The lowest BCUT2D eigenvalue weighted by Crippen LogP contribution is -2.25. The molecule has 1 heterocycles. The number of nitrogen functional groups attached to an aromatic ring is 1. The number of rotatable bonds is 3. The lowest BCUT2D eigenvalue weighted by atomic mass is 10.3. The molecule has 0 saturated heterocycles. The average Bonchev–Trinajstić information content (AvgIpc) is 2.93. The summed E-state index contributed by atoms with van der Waals surface area (Å²) in [6.07, 6.45) is 6.13. The number of hydrogen-bond acceptors (Lipinski definition) is 3. The quantitative estimate of drug-likeness (QED) is 0.763. The summed E-state index contributed by atoms with van der Waals surface area (Å²) < 4.78 is 0. The molecule has 1 aliphatic rings. The molecule has 0 amide bonds. The first-order valence-corrected chi connectivity index (χ1v) is 4.79. The van der Waals surface area contributed by atoms with Crippen molar-refractivity contribution in [2.45, 2.75) is 25.8 Å². The summed E-state index contributed by atoms with van der Waals surface area (Å²) >= 11 is 0. The van der Waals surface area contributed by atoms with Gasteiger partial charge in [0.15, 0.2) is 0 Å². The van der Waals surface area contributed by atoms with E-state index in [1.165, 1.54) is 12.8 Å². The molecule has 1 aromatic heterocycles. The lowest BCUT2D eigenvalue weighted by Gasteiger charge is -2.23. The van der Waals surface area contributed by atoms with Crippen LogP contribution in [0, 0.1) is 0 Å². The first-order chi connectivity index (χ1) is 6.33. The second-order valence-electron chi connectivity index (χ2n) is 3.45. The van der Waals surface area contributed by atoms with Crippen LogP contribution in [0.15, 0.2) is 18.5 Å². The van der Waals surface area contributed by atoms with Gasteiger partial charge in [0, 0.05) is 18.8 Å². The molecular weight excluding hydrogens is 162 g/mol. The summed E-state index contributed by atoms with van der Waals surface area (Å²) in [5, 5.41) is 0. The Balaban J connectivity index is 2.26. The Morgan fingerprint density at radius 1 is 1.62 bits per heavy atom. The number of nitrogens with zero attached hydrogens (tertiary/aromatic N) is 2. The summed E-state index contributed by atoms with van der Waals surface area (Å²) in [7, 11) is 0. The molecule has 13 heavy (non-hydrogen) atoms. The highest BCUT2D eigenvalue weighted by atomic mass is 15.2. The van der Waals surface area contributed by atoms with Crippen LogP contribution in [0.2, 0.25) is 0 Å². The molecule has 1 saturated carbocycles. The van der Waals surface area contributed by atoms with Crippen LogP contribution in [-0.2, 0) is 0 Å². The fourth-order valence-electron chi connectivity index (χ4n) is 1.67.